The Morgan fingerprint density at radius 1 is 1.07 bits per heavy atom. The first-order valence-corrected chi connectivity index (χ1v) is 11.0. The molecule has 0 saturated carbocycles. The topological polar surface area (TPSA) is 60.1 Å². The molecule has 2 aliphatic rings. The Morgan fingerprint density at radius 2 is 1.96 bits per heavy atom. The molecule has 0 N–H and O–H groups in total. The molecule has 140 valence electrons. The van der Waals surface area contributed by atoms with E-state index in [1.165, 1.54) is 10.2 Å². The average molecular weight is 401 g/mol. The average Bonchev–Trinajstić information content (AvgIpc) is 3.44. The summed E-state index contributed by atoms with van der Waals surface area (Å²) in [6.45, 7) is 3.80. The molecule has 1 fully saturated rings. The number of rotatable bonds is 4. The van der Waals surface area contributed by atoms with Crippen LogP contribution in [-0.2, 0) is 25.0 Å². The van der Waals surface area contributed by atoms with Gasteiger partial charge in [0, 0.05) is 29.9 Å². The summed E-state index contributed by atoms with van der Waals surface area (Å²) in [5.74, 6) is 0.802. The van der Waals surface area contributed by atoms with E-state index in [4.69, 9.17) is 5.10 Å². The molecule has 0 radical (unpaired) electrons. The highest BCUT2D eigenvalue weighted by atomic mass is 32.1. The van der Waals surface area contributed by atoms with Gasteiger partial charge in [-0.3, -0.25) is 19.1 Å². The molecule has 8 heteroatoms. The van der Waals surface area contributed by atoms with Gasteiger partial charge in [-0.2, -0.15) is 16.4 Å². The zero-order valence-corrected chi connectivity index (χ0v) is 16.5. The second-order valence-corrected chi connectivity index (χ2v) is 9.26. The van der Waals surface area contributed by atoms with Crippen LogP contribution in [0.5, 0.6) is 0 Å². The number of aromatic nitrogens is 3. The smallest absolute Gasteiger partial charge is 0.298 e. The third kappa shape index (κ3) is 2.92. The Labute approximate surface area is 164 Å². The van der Waals surface area contributed by atoms with Crippen LogP contribution in [0, 0.1) is 0 Å². The lowest BCUT2D eigenvalue weighted by Gasteiger charge is -2.23. The molecule has 1 atom stereocenters. The van der Waals surface area contributed by atoms with Crippen LogP contribution in [0.15, 0.2) is 43.9 Å². The summed E-state index contributed by atoms with van der Waals surface area (Å²) < 4.78 is 3.00. The van der Waals surface area contributed by atoms with Crippen LogP contribution in [0.1, 0.15) is 29.1 Å². The van der Waals surface area contributed by atoms with Gasteiger partial charge >= 0.3 is 11.1 Å². The van der Waals surface area contributed by atoms with Crippen molar-refractivity contribution in [2.24, 2.45) is 0 Å². The van der Waals surface area contributed by atoms with Crippen molar-refractivity contribution in [1.82, 2.24) is 19.2 Å². The van der Waals surface area contributed by atoms with Crippen LogP contribution < -0.4 is 11.1 Å². The lowest BCUT2D eigenvalue weighted by molar-refractivity contribution is 0.298. The van der Waals surface area contributed by atoms with Gasteiger partial charge in [0.2, 0.25) is 0 Å². The number of nitrogens with zero attached hydrogens (tertiary/aromatic N) is 4. The first-order valence-electron chi connectivity index (χ1n) is 9.13. The lowest BCUT2D eigenvalue weighted by Crippen LogP contribution is -2.45. The third-order valence-corrected chi connectivity index (χ3v) is 7.32. The summed E-state index contributed by atoms with van der Waals surface area (Å²) in [6, 6.07) is 6.09. The standard InChI is InChI=1S/C19H20N4O2S2/c24-16-17(25)23(11-15-2-1-8-27-15)20-18-19(5-7-22(16)18)4-6-21(13-19)10-14-3-9-26-12-14/h1-3,8-9,12H,4-7,10-11,13H2. The van der Waals surface area contributed by atoms with E-state index in [0.717, 1.165) is 43.2 Å². The van der Waals surface area contributed by atoms with E-state index in [1.54, 1.807) is 27.2 Å². The summed E-state index contributed by atoms with van der Waals surface area (Å²) in [5.41, 5.74) is 0.283. The van der Waals surface area contributed by atoms with Crippen molar-refractivity contribution < 1.29 is 0 Å². The molecule has 0 aromatic carbocycles. The van der Waals surface area contributed by atoms with Crippen molar-refractivity contribution in [1.29, 1.82) is 0 Å². The molecule has 1 saturated heterocycles. The minimum atomic E-state index is -0.516. The van der Waals surface area contributed by atoms with Gasteiger partial charge in [0.05, 0.1) is 6.54 Å². The molecule has 2 aliphatic heterocycles. The van der Waals surface area contributed by atoms with Crippen LogP contribution in [-0.4, -0.2) is 32.3 Å². The van der Waals surface area contributed by atoms with E-state index < -0.39 is 11.1 Å². The molecule has 3 aromatic rings. The molecule has 5 heterocycles. The zero-order valence-electron chi connectivity index (χ0n) is 14.8. The molecular formula is C19H20N4O2S2. The van der Waals surface area contributed by atoms with Crippen molar-refractivity contribution in [2.75, 3.05) is 13.1 Å². The fourth-order valence-electron chi connectivity index (χ4n) is 4.35. The predicted octanol–water partition coefficient (Wildman–Crippen LogP) is 2.12. The van der Waals surface area contributed by atoms with Gasteiger partial charge in [0.1, 0.15) is 5.82 Å². The molecule has 5 rings (SSSR count). The normalized spacial score (nSPS) is 21.9. The highest BCUT2D eigenvalue weighted by Gasteiger charge is 2.47. The van der Waals surface area contributed by atoms with E-state index in [2.05, 4.69) is 21.7 Å². The Bertz CT molecular complexity index is 1070. The summed E-state index contributed by atoms with van der Waals surface area (Å²) in [4.78, 5) is 28.6. The molecule has 1 spiro atoms. The van der Waals surface area contributed by atoms with Crippen LogP contribution in [0.4, 0.5) is 0 Å². The number of hydrogen-bond acceptors (Lipinski definition) is 6. The molecule has 0 aliphatic carbocycles. The molecule has 27 heavy (non-hydrogen) atoms. The third-order valence-electron chi connectivity index (χ3n) is 5.73. The maximum atomic E-state index is 12.7. The van der Waals surface area contributed by atoms with Crippen LogP contribution >= 0.6 is 22.7 Å². The highest BCUT2D eigenvalue weighted by molar-refractivity contribution is 7.09. The Morgan fingerprint density at radius 3 is 2.74 bits per heavy atom. The predicted molar refractivity (Wildman–Crippen MR) is 107 cm³/mol. The fraction of sp³-hybridized carbons (Fsp3) is 0.421. The van der Waals surface area contributed by atoms with Gasteiger partial charge in [-0.05, 0) is 53.2 Å². The first-order chi connectivity index (χ1) is 13.1. The molecular weight excluding hydrogens is 380 g/mol. The monoisotopic (exact) mass is 400 g/mol. The maximum Gasteiger partial charge on any atom is 0.332 e. The quantitative estimate of drug-likeness (QED) is 0.630. The number of fused-ring (bicyclic) bond motifs is 2. The number of thiophene rings is 2. The van der Waals surface area contributed by atoms with Gasteiger partial charge in [0.25, 0.3) is 0 Å². The van der Waals surface area contributed by atoms with Gasteiger partial charge in [-0.25, -0.2) is 4.68 Å². The maximum absolute atomic E-state index is 12.7. The number of likely N-dealkylation sites (tertiary alicyclic amines) is 1. The van der Waals surface area contributed by atoms with Crippen LogP contribution in [0.25, 0.3) is 0 Å². The van der Waals surface area contributed by atoms with Crippen molar-refractivity contribution in [3.05, 3.63) is 71.3 Å². The van der Waals surface area contributed by atoms with E-state index in [1.807, 2.05) is 17.5 Å². The van der Waals surface area contributed by atoms with Gasteiger partial charge < -0.3 is 0 Å². The summed E-state index contributed by atoms with van der Waals surface area (Å²) in [6.07, 6.45) is 1.87. The second kappa shape index (κ2) is 6.54. The summed E-state index contributed by atoms with van der Waals surface area (Å²) in [5, 5.41) is 11.0. The van der Waals surface area contributed by atoms with Crippen LogP contribution in [0.2, 0.25) is 0 Å². The van der Waals surface area contributed by atoms with E-state index in [9.17, 15) is 9.59 Å². The van der Waals surface area contributed by atoms with E-state index >= 15 is 0 Å². The first kappa shape index (κ1) is 17.1. The summed E-state index contributed by atoms with van der Waals surface area (Å²) in [7, 11) is 0. The van der Waals surface area contributed by atoms with Gasteiger partial charge in [-0.15, -0.1) is 11.3 Å². The SMILES string of the molecule is O=c1c(=O)n2c(nn1Cc1cccs1)C1(CCN(Cc3ccsc3)C1)CC2. The molecule has 1 unspecified atom stereocenters. The minimum absolute atomic E-state index is 0.111. The lowest BCUT2D eigenvalue weighted by atomic mass is 9.85. The highest BCUT2D eigenvalue weighted by Crippen LogP contribution is 2.40. The van der Waals surface area contributed by atoms with E-state index in [0.29, 0.717) is 13.1 Å². The largest absolute Gasteiger partial charge is 0.332 e. The Kier molecular flexibility index (Phi) is 4.14. The molecule has 0 amide bonds. The van der Waals surface area contributed by atoms with E-state index in [-0.39, 0.29) is 5.41 Å². The Hall–Kier alpha value is -2.03. The molecule has 3 aromatic heterocycles. The van der Waals surface area contributed by atoms with Gasteiger partial charge in [0.15, 0.2) is 0 Å². The molecule has 6 nitrogen and oxygen atoms in total. The van der Waals surface area contributed by atoms with Crippen molar-refractivity contribution in [3.63, 3.8) is 0 Å². The minimum Gasteiger partial charge on any atom is -0.298 e. The number of hydrogen-bond donors (Lipinski definition) is 0. The van der Waals surface area contributed by atoms with Crippen molar-refractivity contribution in [2.45, 2.75) is 37.9 Å². The summed E-state index contributed by atoms with van der Waals surface area (Å²) >= 11 is 3.30. The fourth-order valence-corrected chi connectivity index (χ4v) is 5.70. The molecule has 0 bridgehead atoms. The van der Waals surface area contributed by atoms with Crippen molar-refractivity contribution in [3.8, 4) is 0 Å². The second-order valence-electron chi connectivity index (χ2n) is 7.45. The zero-order chi connectivity index (χ0) is 18.4. The van der Waals surface area contributed by atoms with Crippen LogP contribution in [0.3, 0.4) is 0 Å². The van der Waals surface area contributed by atoms with Crippen molar-refractivity contribution >= 4 is 22.7 Å². The van der Waals surface area contributed by atoms with Gasteiger partial charge in [-0.1, -0.05) is 6.07 Å². The Balaban J connectivity index is 1.48.